The Balaban J connectivity index is 1.66. The van der Waals surface area contributed by atoms with Crippen molar-refractivity contribution in [3.63, 3.8) is 0 Å². The highest BCUT2D eigenvalue weighted by Crippen LogP contribution is 2.31. The highest BCUT2D eigenvalue weighted by Gasteiger charge is 2.33. The zero-order valence-electron chi connectivity index (χ0n) is 15.9. The van der Waals surface area contributed by atoms with Gasteiger partial charge < -0.3 is 10.1 Å². The Morgan fingerprint density at radius 2 is 1.77 bits per heavy atom. The van der Waals surface area contributed by atoms with E-state index in [0.717, 1.165) is 23.4 Å². The molecule has 0 fully saturated rings. The smallest absolute Gasteiger partial charge is 0.433 e. The van der Waals surface area contributed by atoms with Gasteiger partial charge in [0.05, 0.1) is 18.6 Å². The number of hydrogen-bond donors (Lipinski definition) is 1. The summed E-state index contributed by atoms with van der Waals surface area (Å²) in [7, 11) is 1.56. The lowest BCUT2D eigenvalue weighted by molar-refractivity contribution is -0.141. The third-order valence-electron chi connectivity index (χ3n) is 4.05. The summed E-state index contributed by atoms with van der Waals surface area (Å²) < 4.78 is 44.8. The summed E-state index contributed by atoms with van der Waals surface area (Å²) in [4.78, 5) is 19.9. The molecule has 5 nitrogen and oxygen atoms in total. The van der Waals surface area contributed by atoms with Crippen LogP contribution in [-0.4, -0.2) is 28.7 Å². The van der Waals surface area contributed by atoms with Gasteiger partial charge in [0, 0.05) is 12.1 Å². The van der Waals surface area contributed by atoms with Crippen molar-refractivity contribution in [2.75, 3.05) is 12.9 Å². The van der Waals surface area contributed by atoms with Crippen molar-refractivity contribution in [2.45, 2.75) is 17.9 Å². The molecule has 156 valence electrons. The van der Waals surface area contributed by atoms with Gasteiger partial charge in [-0.15, -0.1) is 0 Å². The van der Waals surface area contributed by atoms with Gasteiger partial charge in [-0.3, -0.25) is 4.79 Å². The predicted molar refractivity (Wildman–Crippen MR) is 108 cm³/mol. The standard InChI is InChI=1S/C21H18F3N3O2S/c1-29-16-9-7-14(8-10-16)12-25-19(28)13-30-20-26-17(15-5-3-2-4-6-15)11-18(27-20)21(22,23)24/h2-11H,12-13H2,1H3,(H,25,28). The fourth-order valence-corrected chi connectivity index (χ4v) is 3.20. The molecular formula is C21H18F3N3O2S. The number of carbonyl (C=O) groups excluding carboxylic acids is 1. The van der Waals surface area contributed by atoms with Crippen LogP contribution in [0, 0.1) is 0 Å². The number of methoxy groups -OCH3 is 1. The first-order valence-electron chi connectivity index (χ1n) is 8.89. The van der Waals surface area contributed by atoms with Gasteiger partial charge in [0.1, 0.15) is 11.4 Å². The van der Waals surface area contributed by atoms with E-state index >= 15 is 0 Å². The van der Waals surface area contributed by atoms with Crippen molar-refractivity contribution in [1.29, 1.82) is 0 Å². The first kappa shape index (κ1) is 21.6. The van der Waals surface area contributed by atoms with Gasteiger partial charge in [-0.05, 0) is 23.8 Å². The Labute approximate surface area is 175 Å². The summed E-state index contributed by atoms with van der Waals surface area (Å²) in [5.74, 6) is 0.265. The van der Waals surface area contributed by atoms with Crippen LogP contribution in [0.25, 0.3) is 11.3 Å². The lowest BCUT2D eigenvalue weighted by Gasteiger charge is -2.11. The molecule has 1 aromatic heterocycles. The van der Waals surface area contributed by atoms with E-state index in [4.69, 9.17) is 4.74 Å². The summed E-state index contributed by atoms with van der Waals surface area (Å²) in [6, 6.07) is 16.6. The van der Waals surface area contributed by atoms with Crippen molar-refractivity contribution in [1.82, 2.24) is 15.3 Å². The van der Waals surface area contributed by atoms with Crippen LogP contribution in [0.4, 0.5) is 13.2 Å². The van der Waals surface area contributed by atoms with E-state index in [9.17, 15) is 18.0 Å². The molecule has 0 radical (unpaired) electrons. The van der Waals surface area contributed by atoms with Gasteiger partial charge in [0.2, 0.25) is 5.91 Å². The van der Waals surface area contributed by atoms with E-state index in [1.54, 1.807) is 49.6 Å². The number of thioether (sulfide) groups is 1. The topological polar surface area (TPSA) is 64.1 Å². The van der Waals surface area contributed by atoms with Crippen molar-refractivity contribution in [3.8, 4) is 17.0 Å². The maximum atomic E-state index is 13.2. The van der Waals surface area contributed by atoms with E-state index in [2.05, 4.69) is 15.3 Å². The molecule has 0 unspecified atom stereocenters. The molecule has 1 N–H and O–H groups in total. The number of hydrogen-bond acceptors (Lipinski definition) is 5. The van der Waals surface area contributed by atoms with Crippen molar-refractivity contribution < 1.29 is 22.7 Å². The highest BCUT2D eigenvalue weighted by atomic mass is 32.2. The zero-order chi connectivity index (χ0) is 21.6. The van der Waals surface area contributed by atoms with Crippen molar-refractivity contribution >= 4 is 17.7 Å². The number of nitrogens with one attached hydrogen (secondary N) is 1. The van der Waals surface area contributed by atoms with Crippen molar-refractivity contribution in [3.05, 3.63) is 71.9 Å². The van der Waals surface area contributed by atoms with E-state index in [0.29, 0.717) is 17.9 Å². The summed E-state index contributed by atoms with van der Waals surface area (Å²) >= 11 is 0.855. The number of alkyl halides is 3. The molecule has 0 saturated carbocycles. The first-order valence-corrected chi connectivity index (χ1v) is 9.88. The molecule has 1 amide bonds. The Morgan fingerprint density at radius 3 is 2.40 bits per heavy atom. The molecule has 0 spiro atoms. The van der Waals surface area contributed by atoms with E-state index in [1.165, 1.54) is 0 Å². The molecule has 30 heavy (non-hydrogen) atoms. The van der Waals surface area contributed by atoms with Gasteiger partial charge >= 0.3 is 6.18 Å². The summed E-state index contributed by atoms with van der Waals surface area (Å²) in [5, 5.41) is 2.61. The van der Waals surface area contributed by atoms with Gasteiger partial charge in [-0.25, -0.2) is 9.97 Å². The first-order chi connectivity index (χ1) is 14.3. The number of rotatable bonds is 7. The van der Waals surface area contributed by atoms with E-state index in [-0.39, 0.29) is 22.5 Å². The van der Waals surface area contributed by atoms with Crippen LogP contribution in [0.1, 0.15) is 11.3 Å². The Kier molecular flexibility index (Phi) is 6.94. The number of halogens is 3. The molecule has 0 aliphatic rings. The van der Waals surface area contributed by atoms with Gasteiger partial charge in [0.15, 0.2) is 5.16 Å². The third-order valence-corrected chi connectivity index (χ3v) is 4.89. The van der Waals surface area contributed by atoms with E-state index < -0.39 is 11.9 Å². The second-order valence-electron chi connectivity index (χ2n) is 6.20. The number of carbonyl (C=O) groups is 1. The zero-order valence-corrected chi connectivity index (χ0v) is 16.8. The summed E-state index contributed by atoms with van der Waals surface area (Å²) in [6.07, 6.45) is -4.61. The molecular weight excluding hydrogens is 415 g/mol. The van der Waals surface area contributed by atoms with Gasteiger partial charge in [0.25, 0.3) is 0 Å². The largest absolute Gasteiger partial charge is 0.497 e. The predicted octanol–water partition coefficient (Wildman–Crippen LogP) is 4.58. The number of benzene rings is 2. The molecule has 0 aliphatic carbocycles. The lowest BCUT2D eigenvalue weighted by Crippen LogP contribution is -2.24. The maximum Gasteiger partial charge on any atom is 0.433 e. The van der Waals surface area contributed by atoms with Gasteiger partial charge in [-0.1, -0.05) is 54.2 Å². The average molecular weight is 433 g/mol. The molecule has 9 heteroatoms. The minimum atomic E-state index is -4.61. The SMILES string of the molecule is COc1ccc(CNC(=O)CSc2nc(-c3ccccc3)cc(C(F)(F)F)n2)cc1. The van der Waals surface area contributed by atoms with Crippen LogP contribution < -0.4 is 10.1 Å². The number of aromatic nitrogens is 2. The highest BCUT2D eigenvalue weighted by molar-refractivity contribution is 7.99. The Morgan fingerprint density at radius 1 is 1.07 bits per heavy atom. The number of amides is 1. The normalized spacial score (nSPS) is 11.2. The van der Waals surface area contributed by atoms with Crippen LogP contribution in [0.15, 0.2) is 65.8 Å². The quantitative estimate of drug-likeness (QED) is 0.437. The molecule has 1 heterocycles. The molecule has 0 atom stereocenters. The maximum absolute atomic E-state index is 13.2. The van der Waals surface area contributed by atoms with E-state index in [1.807, 2.05) is 12.1 Å². The molecule has 3 aromatic rings. The lowest BCUT2D eigenvalue weighted by atomic mass is 10.1. The molecule has 0 saturated heterocycles. The molecule has 2 aromatic carbocycles. The Bertz CT molecular complexity index is 997. The Hall–Kier alpha value is -3.07. The van der Waals surface area contributed by atoms with Crippen LogP contribution in [0.2, 0.25) is 0 Å². The van der Waals surface area contributed by atoms with Crippen LogP contribution in [0.5, 0.6) is 5.75 Å². The average Bonchev–Trinajstić information content (AvgIpc) is 2.76. The number of ether oxygens (including phenoxy) is 1. The summed E-state index contributed by atoms with van der Waals surface area (Å²) in [6.45, 7) is 0.294. The second-order valence-corrected chi connectivity index (χ2v) is 7.14. The minimum absolute atomic E-state index is 0.105. The van der Waals surface area contributed by atoms with Crippen LogP contribution >= 0.6 is 11.8 Å². The number of nitrogens with zero attached hydrogens (tertiary/aromatic N) is 2. The monoisotopic (exact) mass is 433 g/mol. The molecule has 3 rings (SSSR count). The summed E-state index contributed by atoms with van der Waals surface area (Å²) in [5.41, 5.74) is 0.517. The van der Waals surface area contributed by atoms with Gasteiger partial charge in [-0.2, -0.15) is 13.2 Å². The van der Waals surface area contributed by atoms with Crippen LogP contribution in [-0.2, 0) is 17.5 Å². The minimum Gasteiger partial charge on any atom is -0.497 e. The fraction of sp³-hybridized carbons (Fsp3) is 0.190. The molecule has 0 bridgehead atoms. The molecule has 0 aliphatic heterocycles. The third kappa shape index (κ3) is 5.96. The van der Waals surface area contributed by atoms with Crippen molar-refractivity contribution in [2.24, 2.45) is 0 Å². The fourth-order valence-electron chi connectivity index (χ4n) is 2.52. The second kappa shape index (κ2) is 9.62. The van der Waals surface area contributed by atoms with Crippen LogP contribution in [0.3, 0.4) is 0 Å².